The SMILES string of the molecule is Cc1c(CS(=O)(=O)F)cc(N)cc1B1OC(C)(C)C(C)(C)O1. The van der Waals surface area contributed by atoms with Gasteiger partial charge >= 0.3 is 17.3 Å². The van der Waals surface area contributed by atoms with Crippen LogP contribution >= 0.6 is 0 Å². The van der Waals surface area contributed by atoms with E-state index in [0.29, 0.717) is 22.3 Å². The monoisotopic (exact) mass is 329 g/mol. The summed E-state index contributed by atoms with van der Waals surface area (Å²) >= 11 is 0. The molecule has 1 aliphatic heterocycles. The average molecular weight is 329 g/mol. The van der Waals surface area contributed by atoms with Gasteiger partial charge in [0.15, 0.2) is 0 Å². The lowest BCUT2D eigenvalue weighted by Gasteiger charge is -2.32. The fourth-order valence-electron chi connectivity index (χ4n) is 2.37. The Kier molecular flexibility index (Phi) is 4.09. The Bertz CT molecular complexity index is 687. The standard InChI is InChI=1S/C14H21BFNO4S/c1-9-10(8-22(16,18)19)6-11(17)7-12(9)15-20-13(2,3)14(4,5)21-15/h6-7H,8,17H2,1-5H3. The third-order valence-corrected chi connectivity index (χ3v) is 5.07. The lowest BCUT2D eigenvalue weighted by molar-refractivity contribution is 0.00578. The minimum atomic E-state index is -4.64. The van der Waals surface area contributed by atoms with Crippen molar-refractivity contribution in [1.29, 1.82) is 0 Å². The zero-order chi connectivity index (χ0) is 16.9. The quantitative estimate of drug-likeness (QED) is 0.518. The van der Waals surface area contributed by atoms with Crippen molar-refractivity contribution >= 4 is 28.5 Å². The Morgan fingerprint density at radius 3 is 2.14 bits per heavy atom. The van der Waals surface area contributed by atoms with Crippen molar-refractivity contribution in [2.75, 3.05) is 5.73 Å². The molecule has 0 bridgehead atoms. The Balaban J connectivity index is 2.45. The summed E-state index contributed by atoms with van der Waals surface area (Å²) in [4.78, 5) is 0. The van der Waals surface area contributed by atoms with E-state index in [4.69, 9.17) is 15.0 Å². The van der Waals surface area contributed by atoms with Crippen molar-refractivity contribution in [1.82, 2.24) is 0 Å². The first-order valence-corrected chi connectivity index (χ1v) is 8.54. The highest BCUT2D eigenvalue weighted by Gasteiger charge is 2.52. The molecule has 22 heavy (non-hydrogen) atoms. The van der Waals surface area contributed by atoms with Crippen molar-refractivity contribution < 1.29 is 21.6 Å². The van der Waals surface area contributed by atoms with Gasteiger partial charge in [0, 0.05) is 5.69 Å². The van der Waals surface area contributed by atoms with Crippen LogP contribution in [-0.2, 0) is 25.3 Å². The number of nitrogen functional groups attached to an aromatic ring is 1. The maximum absolute atomic E-state index is 13.0. The second kappa shape index (κ2) is 5.21. The Morgan fingerprint density at radius 2 is 1.68 bits per heavy atom. The van der Waals surface area contributed by atoms with Gasteiger partial charge in [-0.3, -0.25) is 0 Å². The van der Waals surface area contributed by atoms with Gasteiger partial charge in [0.05, 0.1) is 11.2 Å². The van der Waals surface area contributed by atoms with E-state index in [2.05, 4.69) is 0 Å². The van der Waals surface area contributed by atoms with Gasteiger partial charge in [-0.25, -0.2) is 0 Å². The molecule has 0 radical (unpaired) electrons. The Labute approximate surface area is 131 Å². The number of nitrogens with two attached hydrogens (primary N) is 1. The smallest absolute Gasteiger partial charge is 0.399 e. The van der Waals surface area contributed by atoms with Crippen molar-refractivity contribution in [3.8, 4) is 0 Å². The molecule has 2 rings (SSSR count). The number of halogens is 1. The lowest BCUT2D eigenvalue weighted by Crippen LogP contribution is -2.41. The van der Waals surface area contributed by atoms with E-state index in [1.54, 1.807) is 13.0 Å². The summed E-state index contributed by atoms with van der Waals surface area (Å²) in [6.07, 6.45) is 0. The summed E-state index contributed by atoms with van der Waals surface area (Å²) in [5, 5.41) is 0. The zero-order valence-electron chi connectivity index (χ0n) is 13.4. The van der Waals surface area contributed by atoms with Crippen molar-refractivity contribution in [3.63, 3.8) is 0 Å². The van der Waals surface area contributed by atoms with E-state index in [9.17, 15) is 12.3 Å². The molecule has 1 saturated heterocycles. The molecule has 0 aromatic heterocycles. The third kappa shape index (κ3) is 3.28. The van der Waals surface area contributed by atoms with Crippen molar-refractivity contribution in [2.24, 2.45) is 0 Å². The predicted octanol–water partition coefficient (Wildman–Crippen LogP) is 1.68. The van der Waals surface area contributed by atoms with Crippen LogP contribution in [0.3, 0.4) is 0 Å². The van der Waals surface area contributed by atoms with E-state index < -0.39 is 34.3 Å². The summed E-state index contributed by atoms with van der Waals surface area (Å²) in [7, 11) is -5.31. The lowest BCUT2D eigenvalue weighted by atomic mass is 9.75. The molecule has 5 nitrogen and oxygen atoms in total. The summed E-state index contributed by atoms with van der Waals surface area (Å²) in [5.74, 6) is -0.712. The largest absolute Gasteiger partial charge is 0.495 e. The number of benzene rings is 1. The number of anilines is 1. The van der Waals surface area contributed by atoms with E-state index in [0.717, 1.165) is 0 Å². The number of hydrogen-bond donors (Lipinski definition) is 1. The molecule has 0 unspecified atom stereocenters. The van der Waals surface area contributed by atoms with Gasteiger partial charge < -0.3 is 15.0 Å². The average Bonchev–Trinajstić information content (AvgIpc) is 2.50. The molecular formula is C14H21BFNO4S. The topological polar surface area (TPSA) is 78.6 Å². The maximum atomic E-state index is 13.0. The highest BCUT2D eigenvalue weighted by atomic mass is 32.3. The van der Waals surface area contributed by atoms with Crippen LogP contribution in [0, 0.1) is 6.92 Å². The van der Waals surface area contributed by atoms with Gasteiger partial charge in [-0.15, -0.1) is 3.89 Å². The molecule has 1 heterocycles. The highest BCUT2D eigenvalue weighted by molar-refractivity contribution is 7.85. The van der Waals surface area contributed by atoms with E-state index in [-0.39, 0.29) is 0 Å². The second-order valence-corrected chi connectivity index (χ2v) is 8.03. The second-order valence-electron chi connectivity index (χ2n) is 6.67. The minimum Gasteiger partial charge on any atom is -0.399 e. The van der Waals surface area contributed by atoms with Crippen LogP contribution < -0.4 is 11.2 Å². The van der Waals surface area contributed by atoms with Gasteiger partial charge in [0.1, 0.15) is 5.75 Å². The van der Waals surface area contributed by atoms with Crippen molar-refractivity contribution in [3.05, 3.63) is 23.3 Å². The molecule has 0 atom stereocenters. The fraction of sp³-hybridized carbons (Fsp3) is 0.571. The summed E-state index contributed by atoms with van der Waals surface area (Å²) in [6.45, 7) is 9.38. The van der Waals surface area contributed by atoms with Gasteiger partial charge in [0.2, 0.25) is 0 Å². The third-order valence-electron chi connectivity index (χ3n) is 4.41. The first-order valence-electron chi connectivity index (χ1n) is 6.99. The Morgan fingerprint density at radius 1 is 1.18 bits per heavy atom. The molecule has 2 N–H and O–H groups in total. The van der Waals surface area contributed by atoms with Gasteiger partial charge in [-0.1, -0.05) is 0 Å². The highest BCUT2D eigenvalue weighted by Crippen LogP contribution is 2.37. The van der Waals surface area contributed by atoms with E-state index in [1.165, 1.54) is 6.07 Å². The molecule has 1 aliphatic rings. The van der Waals surface area contributed by atoms with Crippen LogP contribution in [0.2, 0.25) is 0 Å². The maximum Gasteiger partial charge on any atom is 0.495 e. The molecule has 8 heteroatoms. The van der Waals surface area contributed by atoms with Crippen molar-refractivity contribution in [2.45, 2.75) is 51.6 Å². The zero-order valence-corrected chi connectivity index (χ0v) is 14.3. The van der Waals surface area contributed by atoms with Gasteiger partial charge in [-0.05, 0) is 63.3 Å². The molecule has 1 fully saturated rings. The van der Waals surface area contributed by atoms with Crippen LogP contribution in [0.4, 0.5) is 9.57 Å². The van der Waals surface area contributed by atoms with E-state index >= 15 is 0 Å². The molecule has 1 aromatic rings. The number of hydrogen-bond acceptors (Lipinski definition) is 5. The predicted molar refractivity (Wildman–Crippen MR) is 85.0 cm³/mol. The molecule has 0 spiro atoms. The molecule has 0 amide bonds. The molecule has 0 aliphatic carbocycles. The van der Waals surface area contributed by atoms with Crippen LogP contribution in [0.25, 0.3) is 0 Å². The fourth-order valence-corrected chi connectivity index (χ4v) is 3.05. The Hall–Kier alpha value is -1.12. The molecule has 0 saturated carbocycles. The summed E-state index contributed by atoms with van der Waals surface area (Å²) < 4.78 is 46.8. The normalized spacial score (nSPS) is 20.4. The number of rotatable bonds is 3. The van der Waals surface area contributed by atoms with E-state index in [1.807, 2.05) is 27.7 Å². The molecule has 1 aromatic carbocycles. The van der Waals surface area contributed by atoms with Crippen LogP contribution in [-0.4, -0.2) is 26.7 Å². The summed E-state index contributed by atoms with van der Waals surface area (Å²) in [6, 6.07) is 3.13. The molecule has 122 valence electrons. The van der Waals surface area contributed by atoms with Crippen LogP contribution in [0.15, 0.2) is 12.1 Å². The van der Waals surface area contributed by atoms with Gasteiger partial charge in [0.25, 0.3) is 0 Å². The van der Waals surface area contributed by atoms with Crippen LogP contribution in [0.5, 0.6) is 0 Å². The first-order chi connectivity index (χ1) is 9.82. The minimum absolute atomic E-state index is 0.312. The first kappa shape index (κ1) is 17.2. The molecular weight excluding hydrogens is 308 g/mol. The van der Waals surface area contributed by atoms with Gasteiger partial charge in [-0.2, -0.15) is 8.42 Å². The van der Waals surface area contributed by atoms with Crippen LogP contribution in [0.1, 0.15) is 38.8 Å². The summed E-state index contributed by atoms with van der Waals surface area (Å²) in [5.41, 5.74) is 6.65.